The van der Waals surface area contributed by atoms with E-state index in [-0.39, 0.29) is 5.91 Å². The van der Waals surface area contributed by atoms with Gasteiger partial charge in [-0.1, -0.05) is 28.1 Å². The second-order valence-electron chi connectivity index (χ2n) is 4.41. The molecule has 0 unspecified atom stereocenters. The topological polar surface area (TPSA) is 46.3 Å². The molecule has 1 amide bonds. The molecule has 1 heterocycles. The number of aryl methyl sites for hydroxylation is 1. The van der Waals surface area contributed by atoms with E-state index >= 15 is 0 Å². The third-order valence-electron chi connectivity index (χ3n) is 2.85. The van der Waals surface area contributed by atoms with E-state index in [9.17, 15) is 4.79 Å². The molecule has 0 aliphatic heterocycles. The van der Waals surface area contributed by atoms with Crippen LogP contribution < -0.4 is 5.73 Å². The van der Waals surface area contributed by atoms with Crippen LogP contribution in [0.3, 0.4) is 0 Å². The second kappa shape index (κ2) is 5.75. The second-order valence-corrected chi connectivity index (χ2v) is 6.58. The van der Waals surface area contributed by atoms with E-state index in [1.807, 2.05) is 31.2 Å². The molecule has 0 saturated carbocycles. The van der Waals surface area contributed by atoms with Crippen molar-refractivity contribution in [1.29, 1.82) is 0 Å². The van der Waals surface area contributed by atoms with Crippen LogP contribution in [-0.4, -0.2) is 17.9 Å². The summed E-state index contributed by atoms with van der Waals surface area (Å²) in [6.45, 7) is 2.51. The fraction of sp³-hybridized carbons (Fsp3) is 0.214. The SMILES string of the molecule is Cc1sc(C(=O)N(C)Cc2ccc(Br)cc2)cc1N. The van der Waals surface area contributed by atoms with Crippen LogP contribution in [0.1, 0.15) is 20.1 Å². The normalized spacial score (nSPS) is 10.5. The third kappa shape index (κ3) is 3.36. The molecule has 0 fully saturated rings. The largest absolute Gasteiger partial charge is 0.398 e. The standard InChI is InChI=1S/C14H15BrN2OS/c1-9-12(16)7-13(19-9)14(18)17(2)8-10-3-5-11(15)6-4-10/h3-7H,8,16H2,1-2H3. The van der Waals surface area contributed by atoms with Crippen molar-refractivity contribution >= 4 is 38.9 Å². The lowest BCUT2D eigenvalue weighted by atomic mass is 10.2. The van der Waals surface area contributed by atoms with E-state index < -0.39 is 0 Å². The van der Waals surface area contributed by atoms with Crippen molar-refractivity contribution in [3.05, 3.63) is 50.1 Å². The highest BCUT2D eigenvalue weighted by Gasteiger charge is 2.15. The van der Waals surface area contributed by atoms with Crippen molar-refractivity contribution in [3.63, 3.8) is 0 Å². The van der Waals surface area contributed by atoms with E-state index in [1.54, 1.807) is 18.0 Å². The Balaban J connectivity index is 2.09. The Morgan fingerprint density at radius 3 is 2.53 bits per heavy atom. The molecule has 5 heteroatoms. The number of hydrogen-bond acceptors (Lipinski definition) is 3. The summed E-state index contributed by atoms with van der Waals surface area (Å²) in [4.78, 5) is 15.6. The number of benzene rings is 1. The number of anilines is 1. The molecule has 0 spiro atoms. The smallest absolute Gasteiger partial charge is 0.264 e. The zero-order valence-corrected chi connectivity index (χ0v) is 13.2. The molecule has 19 heavy (non-hydrogen) atoms. The average molecular weight is 339 g/mol. The van der Waals surface area contributed by atoms with E-state index in [2.05, 4.69) is 15.9 Å². The Bertz CT molecular complexity index is 572. The van der Waals surface area contributed by atoms with Gasteiger partial charge in [0.05, 0.1) is 4.88 Å². The Morgan fingerprint density at radius 2 is 2.00 bits per heavy atom. The van der Waals surface area contributed by atoms with Gasteiger partial charge >= 0.3 is 0 Å². The number of nitrogen functional groups attached to an aromatic ring is 1. The molecule has 2 rings (SSSR count). The van der Waals surface area contributed by atoms with Gasteiger partial charge in [0.2, 0.25) is 0 Å². The van der Waals surface area contributed by atoms with E-state index in [4.69, 9.17) is 5.73 Å². The van der Waals surface area contributed by atoms with Gasteiger partial charge in [-0.25, -0.2) is 0 Å². The van der Waals surface area contributed by atoms with Gasteiger partial charge in [0.1, 0.15) is 0 Å². The first kappa shape index (κ1) is 14.1. The van der Waals surface area contributed by atoms with E-state index in [0.29, 0.717) is 17.1 Å². The summed E-state index contributed by atoms with van der Waals surface area (Å²) in [7, 11) is 1.80. The molecule has 0 saturated heterocycles. The molecular weight excluding hydrogens is 324 g/mol. The summed E-state index contributed by atoms with van der Waals surface area (Å²) in [5.74, 6) is 0.00715. The van der Waals surface area contributed by atoms with Crippen molar-refractivity contribution < 1.29 is 4.79 Å². The van der Waals surface area contributed by atoms with E-state index in [1.165, 1.54) is 11.3 Å². The molecule has 0 radical (unpaired) electrons. The molecule has 100 valence electrons. The number of nitrogens with zero attached hydrogens (tertiary/aromatic N) is 1. The lowest BCUT2D eigenvalue weighted by molar-refractivity contribution is 0.0790. The number of halogens is 1. The van der Waals surface area contributed by atoms with Crippen molar-refractivity contribution in [2.45, 2.75) is 13.5 Å². The van der Waals surface area contributed by atoms with Crippen LogP contribution in [0.4, 0.5) is 5.69 Å². The van der Waals surface area contributed by atoms with Crippen LogP contribution in [0, 0.1) is 6.92 Å². The lowest BCUT2D eigenvalue weighted by Crippen LogP contribution is -2.25. The summed E-state index contributed by atoms with van der Waals surface area (Å²) < 4.78 is 1.03. The summed E-state index contributed by atoms with van der Waals surface area (Å²) >= 11 is 4.84. The van der Waals surface area contributed by atoms with Crippen molar-refractivity contribution in [2.75, 3.05) is 12.8 Å². The number of hydrogen-bond donors (Lipinski definition) is 1. The monoisotopic (exact) mass is 338 g/mol. The summed E-state index contributed by atoms with van der Waals surface area (Å²) in [6.07, 6.45) is 0. The molecular formula is C14H15BrN2OS. The maximum Gasteiger partial charge on any atom is 0.264 e. The maximum atomic E-state index is 12.3. The van der Waals surface area contributed by atoms with Crippen LogP contribution >= 0.6 is 27.3 Å². The number of rotatable bonds is 3. The molecule has 0 bridgehead atoms. The quantitative estimate of drug-likeness (QED) is 0.927. The van der Waals surface area contributed by atoms with Crippen LogP contribution in [-0.2, 0) is 6.54 Å². The minimum atomic E-state index is 0.00715. The highest BCUT2D eigenvalue weighted by Crippen LogP contribution is 2.24. The highest BCUT2D eigenvalue weighted by atomic mass is 79.9. The number of thiophene rings is 1. The van der Waals surface area contributed by atoms with Crippen molar-refractivity contribution in [3.8, 4) is 0 Å². The van der Waals surface area contributed by atoms with Gasteiger partial charge in [-0.2, -0.15) is 0 Å². The van der Waals surface area contributed by atoms with Crippen LogP contribution in [0.2, 0.25) is 0 Å². The van der Waals surface area contributed by atoms with Gasteiger partial charge in [0.25, 0.3) is 5.91 Å². The van der Waals surface area contributed by atoms with Gasteiger partial charge in [0.15, 0.2) is 0 Å². The Morgan fingerprint density at radius 1 is 1.37 bits per heavy atom. The molecule has 1 aromatic carbocycles. The first-order valence-electron chi connectivity index (χ1n) is 5.83. The van der Waals surface area contributed by atoms with Gasteiger partial charge < -0.3 is 10.6 Å². The van der Waals surface area contributed by atoms with E-state index in [0.717, 1.165) is 14.9 Å². The van der Waals surface area contributed by atoms with Gasteiger partial charge in [-0.3, -0.25) is 4.79 Å². The number of amides is 1. The number of carbonyl (C=O) groups excluding carboxylic acids is 1. The molecule has 2 aromatic rings. The van der Waals surface area contributed by atoms with Gasteiger partial charge in [-0.05, 0) is 30.7 Å². The predicted molar refractivity (Wildman–Crippen MR) is 83.4 cm³/mol. The summed E-state index contributed by atoms with van der Waals surface area (Å²) in [6, 6.07) is 9.70. The fourth-order valence-electron chi connectivity index (χ4n) is 1.73. The number of nitrogens with two attached hydrogens (primary N) is 1. The maximum absolute atomic E-state index is 12.3. The molecule has 0 atom stereocenters. The lowest BCUT2D eigenvalue weighted by Gasteiger charge is -2.16. The average Bonchev–Trinajstić information content (AvgIpc) is 2.71. The molecule has 1 aromatic heterocycles. The molecule has 0 aliphatic rings. The highest BCUT2D eigenvalue weighted by molar-refractivity contribution is 9.10. The van der Waals surface area contributed by atoms with Crippen LogP contribution in [0.25, 0.3) is 0 Å². The van der Waals surface area contributed by atoms with Gasteiger partial charge in [0, 0.05) is 28.6 Å². The molecule has 0 aliphatic carbocycles. The fourth-order valence-corrected chi connectivity index (χ4v) is 2.93. The molecule has 3 nitrogen and oxygen atoms in total. The Hall–Kier alpha value is -1.33. The zero-order valence-electron chi connectivity index (χ0n) is 10.8. The minimum absolute atomic E-state index is 0.00715. The van der Waals surface area contributed by atoms with Gasteiger partial charge in [-0.15, -0.1) is 11.3 Å². The summed E-state index contributed by atoms with van der Waals surface area (Å²) in [5, 5.41) is 0. The minimum Gasteiger partial charge on any atom is -0.398 e. The third-order valence-corrected chi connectivity index (χ3v) is 4.43. The van der Waals surface area contributed by atoms with Crippen LogP contribution in [0.5, 0.6) is 0 Å². The van der Waals surface area contributed by atoms with Crippen molar-refractivity contribution in [2.24, 2.45) is 0 Å². The Kier molecular flexibility index (Phi) is 4.27. The first-order valence-corrected chi connectivity index (χ1v) is 7.44. The Labute approximate surface area is 125 Å². The molecule has 2 N–H and O–H groups in total. The number of carbonyl (C=O) groups is 1. The summed E-state index contributed by atoms with van der Waals surface area (Å²) in [5.41, 5.74) is 7.57. The predicted octanol–water partition coefficient (Wildman–Crippen LogP) is 3.67. The zero-order chi connectivity index (χ0) is 14.0. The van der Waals surface area contributed by atoms with Crippen LogP contribution in [0.15, 0.2) is 34.8 Å². The van der Waals surface area contributed by atoms with Crippen molar-refractivity contribution in [1.82, 2.24) is 4.90 Å². The first-order chi connectivity index (χ1) is 8.97.